The number of benzene rings is 3. The lowest BCUT2D eigenvalue weighted by molar-refractivity contribution is -0.690. The van der Waals surface area contributed by atoms with Crippen LogP contribution in [0.2, 0.25) is 0 Å². The molecule has 112 valence electrons. The monoisotopic (exact) mass is 307 g/mol. The third-order valence-electron chi connectivity index (χ3n) is 5.29. The summed E-state index contributed by atoms with van der Waals surface area (Å²) in [5, 5.41) is 6.73. The Hall–Kier alpha value is -3.13. The molecule has 0 radical (unpaired) electrons. The summed E-state index contributed by atoms with van der Waals surface area (Å²) in [6, 6.07) is 24.2. The predicted molar refractivity (Wildman–Crippen MR) is 98.0 cm³/mol. The molecule has 0 fully saturated rings. The molecule has 1 aliphatic rings. The first-order valence-electron chi connectivity index (χ1n) is 8.33. The molecule has 0 N–H and O–H groups in total. The van der Waals surface area contributed by atoms with Crippen molar-refractivity contribution in [3.05, 3.63) is 79.1 Å². The Morgan fingerprint density at radius 3 is 2.42 bits per heavy atom. The molecule has 0 aliphatic carbocycles. The minimum atomic E-state index is 0.849. The maximum atomic E-state index is 2.38. The summed E-state index contributed by atoms with van der Waals surface area (Å²) in [6.45, 7) is 0.849. The van der Waals surface area contributed by atoms with E-state index in [1.165, 1.54) is 43.7 Å². The van der Waals surface area contributed by atoms with Crippen LogP contribution in [0.1, 0.15) is 0 Å². The first-order chi connectivity index (χ1) is 11.9. The van der Waals surface area contributed by atoms with E-state index in [1.54, 1.807) is 0 Å². The van der Waals surface area contributed by atoms with E-state index >= 15 is 0 Å². The molecule has 0 saturated carbocycles. The fourth-order valence-corrected chi connectivity index (χ4v) is 4.29. The molecule has 6 rings (SSSR count). The second kappa shape index (κ2) is 4.24. The molecule has 2 aromatic heterocycles. The van der Waals surface area contributed by atoms with Crippen LogP contribution < -0.4 is 4.57 Å². The van der Waals surface area contributed by atoms with Crippen molar-refractivity contribution in [1.82, 2.24) is 4.57 Å². The standard InChI is InChI=1S/C22H15N2/c1-2-7-16-15(6-1)17-8-5-9-19-20-10-3-4-12-23(20)14-24-13-11-18(16)22(24)21(17)19/h1-13H,14H2/q+1. The fraction of sp³-hybridized carbons (Fsp3) is 0.0455. The van der Waals surface area contributed by atoms with Gasteiger partial charge in [0.2, 0.25) is 12.4 Å². The van der Waals surface area contributed by atoms with E-state index in [0.717, 1.165) is 6.67 Å². The van der Waals surface area contributed by atoms with Crippen LogP contribution in [0.15, 0.2) is 79.1 Å². The van der Waals surface area contributed by atoms with E-state index in [2.05, 4.69) is 88.3 Å². The molecule has 0 bridgehead atoms. The van der Waals surface area contributed by atoms with Gasteiger partial charge < -0.3 is 0 Å². The molecule has 0 saturated heterocycles. The van der Waals surface area contributed by atoms with Gasteiger partial charge in [-0.05, 0) is 34.4 Å². The molecule has 2 heteroatoms. The van der Waals surface area contributed by atoms with Crippen LogP contribution >= 0.6 is 0 Å². The zero-order valence-corrected chi connectivity index (χ0v) is 13.1. The topological polar surface area (TPSA) is 8.81 Å². The Labute approximate surface area is 139 Å². The molecule has 3 heterocycles. The first-order valence-corrected chi connectivity index (χ1v) is 8.33. The van der Waals surface area contributed by atoms with Crippen molar-refractivity contribution in [2.24, 2.45) is 0 Å². The lowest BCUT2D eigenvalue weighted by atomic mass is 9.94. The summed E-state index contributed by atoms with van der Waals surface area (Å²) in [4.78, 5) is 0. The molecule has 24 heavy (non-hydrogen) atoms. The van der Waals surface area contributed by atoms with Gasteiger partial charge in [0, 0.05) is 29.1 Å². The Morgan fingerprint density at radius 1 is 0.708 bits per heavy atom. The Kier molecular flexibility index (Phi) is 2.17. The van der Waals surface area contributed by atoms with Gasteiger partial charge in [-0.1, -0.05) is 36.4 Å². The van der Waals surface area contributed by atoms with E-state index in [1.807, 2.05) is 0 Å². The number of pyridine rings is 1. The van der Waals surface area contributed by atoms with E-state index in [0.29, 0.717) is 0 Å². The van der Waals surface area contributed by atoms with Gasteiger partial charge >= 0.3 is 0 Å². The molecule has 0 unspecified atom stereocenters. The van der Waals surface area contributed by atoms with Crippen molar-refractivity contribution in [3.8, 4) is 11.3 Å². The Balaban J connectivity index is 2.00. The lowest BCUT2D eigenvalue weighted by Gasteiger charge is -2.09. The molecule has 0 amide bonds. The van der Waals surface area contributed by atoms with Crippen LogP contribution in [0.25, 0.3) is 43.7 Å². The summed E-state index contributed by atoms with van der Waals surface area (Å²) in [5.74, 6) is 0. The second-order valence-electron chi connectivity index (χ2n) is 6.52. The van der Waals surface area contributed by atoms with Crippen LogP contribution in [-0.2, 0) is 6.67 Å². The minimum Gasteiger partial charge on any atom is -0.291 e. The summed E-state index contributed by atoms with van der Waals surface area (Å²) >= 11 is 0. The third kappa shape index (κ3) is 1.39. The molecule has 5 aromatic rings. The van der Waals surface area contributed by atoms with Gasteiger partial charge in [0.25, 0.3) is 0 Å². The highest BCUT2D eigenvalue weighted by Gasteiger charge is 2.24. The molecule has 2 nitrogen and oxygen atoms in total. The lowest BCUT2D eigenvalue weighted by Crippen LogP contribution is -2.38. The number of rotatable bonds is 0. The predicted octanol–water partition coefficient (Wildman–Crippen LogP) is 4.72. The summed E-state index contributed by atoms with van der Waals surface area (Å²) in [7, 11) is 0. The van der Waals surface area contributed by atoms with E-state index in [-0.39, 0.29) is 0 Å². The highest BCUT2D eigenvalue weighted by molar-refractivity contribution is 6.27. The van der Waals surface area contributed by atoms with Gasteiger partial charge in [-0.15, -0.1) is 0 Å². The Bertz CT molecular complexity index is 1280. The first kappa shape index (κ1) is 12.3. The van der Waals surface area contributed by atoms with Crippen molar-refractivity contribution in [2.75, 3.05) is 0 Å². The summed E-state index contributed by atoms with van der Waals surface area (Å²) in [6.07, 6.45) is 4.40. The normalized spacial score (nSPS) is 12.8. The number of nitrogens with zero attached hydrogens (tertiary/aromatic N) is 2. The summed E-state index contributed by atoms with van der Waals surface area (Å²) in [5.41, 5.74) is 3.95. The largest absolute Gasteiger partial charge is 0.291 e. The third-order valence-corrected chi connectivity index (χ3v) is 5.29. The van der Waals surface area contributed by atoms with Crippen LogP contribution in [0.4, 0.5) is 0 Å². The van der Waals surface area contributed by atoms with Gasteiger partial charge in [-0.25, -0.2) is 0 Å². The van der Waals surface area contributed by atoms with Crippen LogP contribution in [-0.4, -0.2) is 4.57 Å². The molecule has 0 spiro atoms. The zero-order valence-electron chi connectivity index (χ0n) is 13.1. The smallest absolute Gasteiger partial charge is 0.228 e. The highest BCUT2D eigenvalue weighted by atomic mass is 15.2. The molecular weight excluding hydrogens is 292 g/mol. The van der Waals surface area contributed by atoms with E-state index in [9.17, 15) is 0 Å². The van der Waals surface area contributed by atoms with Crippen LogP contribution in [0, 0.1) is 0 Å². The SMILES string of the molecule is c1cc[n+]2c(c1)-c1cccc3c4ccccc4c4ccn(c4c13)C2. The molecule has 1 aliphatic heterocycles. The van der Waals surface area contributed by atoms with Crippen molar-refractivity contribution >= 4 is 32.4 Å². The van der Waals surface area contributed by atoms with E-state index < -0.39 is 0 Å². The number of hydrogen-bond donors (Lipinski definition) is 0. The minimum absolute atomic E-state index is 0.849. The van der Waals surface area contributed by atoms with Crippen LogP contribution in [0.5, 0.6) is 0 Å². The van der Waals surface area contributed by atoms with E-state index in [4.69, 9.17) is 0 Å². The molecule has 3 aromatic carbocycles. The fourth-order valence-electron chi connectivity index (χ4n) is 4.29. The maximum absolute atomic E-state index is 2.38. The zero-order chi connectivity index (χ0) is 15.7. The van der Waals surface area contributed by atoms with Gasteiger partial charge in [0.15, 0.2) is 6.20 Å². The highest BCUT2D eigenvalue weighted by Crippen LogP contribution is 2.40. The number of hydrogen-bond acceptors (Lipinski definition) is 0. The van der Waals surface area contributed by atoms with Crippen molar-refractivity contribution in [1.29, 1.82) is 0 Å². The van der Waals surface area contributed by atoms with Gasteiger partial charge in [0.1, 0.15) is 0 Å². The van der Waals surface area contributed by atoms with Gasteiger partial charge in [0.05, 0.1) is 11.1 Å². The van der Waals surface area contributed by atoms with Crippen LogP contribution in [0.3, 0.4) is 0 Å². The molecule has 0 atom stereocenters. The second-order valence-corrected chi connectivity index (χ2v) is 6.52. The summed E-state index contributed by atoms with van der Waals surface area (Å²) < 4.78 is 4.71. The average Bonchev–Trinajstić information content (AvgIpc) is 3.00. The number of fused-ring (bicyclic) bond motifs is 5. The quantitative estimate of drug-likeness (QED) is 0.283. The molecular formula is C22H15N2+. The van der Waals surface area contributed by atoms with Gasteiger partial charge in [-0.3, -0.25) is 4.57 Å². The van der Waals surface area contributed by atoms with Crippen molar-refractivity contribution in [2.45, 2.75) is 6.67 Å². The number of aromatic nitrogens is 2. The van der Waals surface area contributed by atoms with Gasteiger partial charge in [-0.2, -0.15) is 4.57 Å². The Morgan fingerprint density at radius 2 is 1.50 bits per heavy atom. The maximum Gasteiger partial charge on any atom is 0.228 e. The van der Waals surface area contributed by atoms with Crippen molar-refractivity contribution < 1.29 is 4.57 Å². The van der Waals surface area contributed by atoms with Crippen molar-refractivity contribution in [3.63, 3.8) is 0 Å². The average molecular weight is 307 g/mol.